The van der Waals surface area contributed by atoms with E-state index in [2.05, 4.69) is 5.32 Å². The molecular formula is C7H16N2O4. The molecule has 0 aliphatic carbocycles. The van der Waals surface area contributed by atoms with Gasteiger partial charge in [0.2, 0.25) is 0 Å². The zero-order chi connectivity index (χ0) is 10.0. The van der Waals surface area contributed by atoms with Crippen LogP contribution in [0.25, 0.3) is 0 Å². The van der Waals surface area contributed by atoms with E-state index in [1.807, 2.05) is 0 Å². The number of rotatable bonds is 2. The first-order valence-electron chi connectivity index (χ1n) is 4.17. The number of likely N-dealkylation sites (N-methyl/N-ethyl adjacent to an activating group) is 1. The van der Waals surface area contributed by atoms with Gasteiger partial charge in [0.15, 0.2) is 6.29 Å². The number of hydrogen-bond acceptors (Lipinski definition) is 6. The van der Waals surface area contributed by atoms with E-state index in [1.54, 1.807) is 7.05 Å². The van der Waals surface area contributed by atoms with Gasteiger partial charge in [-0.3, -0.25) is 0 Å². The Morgan fingerprint density at radius 2 is 1.92 bits per heavy atom. The Morgan fingerprint density at radius 3 is 2.46 bits per heavy atom. The second-order valence-corrected chi connectivity index (χ2v) is 3.18. The summed E-state index contributed by atoms with van der Waals surface area (Å²) in [5.41, 5.74) is 5.37. The normalized spacial score (nSPS) is 46.4. The van der Waals surface area contributed by atoms with E-state index in [0.717, 1.165) is 0 Å². The van der Waals surface area contributed by atoms with Crippen LogP contribution in [-0.2, 0) is 4.74 Å². The van der Waals surface area contributed by atoms with Gasteiger partial charge in [0, 0.05) is 6.54 Å². The van der Waals surface area contributed by atoms with E-state index in [0.29, 0.717) is 6.54 Å². The average Bonchev–Trinajstić information content (AvgIpc) is 2.11. The minimum atomic E-state index is -1.23. The Kier molecular flexibility index (Phi) is 3.60. The van der Waals surface area contributed by atoms with Crippen LogP contribution < -0.4 is 11.1 Å². The van der Waals surface area contributed by atoms with Crippen molar-refractivity contribution in [1.82, 2.24) is 5.32 Å². The molecule has 0 radical (unpaired) electrons. The number of aliphatic hydroxyl groups is 3. The third-order valence-corrected chi connectivity index (χ3v) is 2.17. The highest BCUT2D eigenvalue weighted by molar-refractivity contribution is 4.91. The Labute approximate surface area is 76.3 Å². The van der Waals surface area contributed by atoms with Gasteiger partial charge in [-0.05, 0) is 7.05 Å². The van der Waals surface area contributed by atoms with Gasteiger partial charge < -0.3 is 31.1 Å². The molecule has 0 aromatic rings. The summed E-state index contributed by atoms with van der Waals surface area (Å²) >= 11 is 0. The molecule has 1 unspecified atom stereocenters. The molecular weight excluding hydrogens is 176 g/mol. The van der Waals surface area contributed by atoms with Crippen LogP contribution in [0.4, 0.5) is 0 Å². The molecule has 13 heavy (non-hydrogen) atoms. The Bertz CT molecular complexity index is 169. The highest BCUT2D eigenvalue weighted by Crippen LogP contribution is 2.17. The lowest BCUT2D eigenvalue weighted by Gasteiger charge is -2.38. The van der Waals surface area contributed by atoms with Gasteiger partial charge in [-0.15, -0.1) is 0 Å². The van der Waals surface area contributed by atoms with Gasteiger partial charge in [-0.25, -0.2) is 0 Å². The SMILES string of the molecule is CNC[C@@H]1O[C@H](O)[C@H](N)C(O)[C@@H]1O. The maximum atomic E-state index is 9.45. The molecule has 1 fully saturated rings. The molecule has 1 aliphatic rings. The topological polar surface area (TPSA) is 108 Å². The third kappa shape index (κ3) is 2.16. The van der Waals surface area contributed by atoms with Gasteiger partial charge in [0.05, 0.1) is 6.04 Å². The lowest BCUT2D eigenvalue weighted by molar-refractivity contribution is -0.240. The van der Waals surface area contributed by atoms with Crippen molar-refractivity contribution in [2.24, 2.45) is 5.73 Å². The van der Waals surface area contributed by atoms with E-state index in [-0.39, 0.29) is 0 Å². The van der Waals surface area contributed by atoms with E-state index in [1.165, 1.54) is 0 Å². The highest BCUT2D eigenvalue weighted by Gasteiger charge is 2.41. The molecule has 0 spiro atoms. The van der Waals surface area contributed by atoms with E-state index < -0.39 is 30.6 Å². The largest absolute Gasteiger partial charge is 0.388 e. The van der Waals surface area contributed by atoms with Gasteiger partial charge in [0.1, 0.15) is 18.3 Å². The number of nitrogens with one attached hydrogen (secondary N) is 1. The summed E-state index contributed by atoms with van der Waals surface area (Å²) in [5.74, 6) is 0. The summed E-state index contributed by atoms with van der Waals surface area (Å²) in [7, 11) is 1.68. The minimum absolute atomic E-state index is 0.349. The first kappa shape index (κ1) is 10.8. The molecule has 0 saturated carbocycles. The van der Waals surface area contributed by atoms with Crippen LogP contribution in [0.3, 0.4) is 0 Å². The fourth-order valence-electron chi connectivity index (χ4n) is 1.34. The van der Waals surface area contributed by atoms with Gasteiger partial charge in [0.25, 0.3) is 0 Å². The smallest absolute Gasteiger partial charge is 0.172 e. The van der Waals surface area contributed by atoms with Crippen LogP contribution in [-0.4, -0.2) is 59.6 Å². The van der Waals surface area contributed by atoms with Crippen molar-refractivity contribution < 1.29 is 20.1 Å². The maximum absolute atomic E-state index is 9.45. The summed E-state index contributed by atoms with van der Waals surface area (Å²) in [5, 5.41) is 30.8. The zero-order valence-electron chi connectivity index (χ0n) is 7.42. The van der Waals surface area contributed by atoms with Crippen LogP contribution in [0.1, 0.15) is 0 Å². The highest BCUT2D eigenvalue weighted by atomic mass is 16.6. The van der Waals surface area contributed by atoms with Crippen LogP contribution in [0, 0.1) is 0 Å². The minimum Gasteiger partial charge on any atom is -0.388 e. The van der Waals surface area contributed by atoms with Crippen LogP contribution in [0.5, 0.6) is 0 Å². The second kappa shape index (κ2) is 4.32. The van der Waals surface area contributed by atoms with Crippen LogP contribution in [0.15, 0.2) is 0 Å². The Hall–Kier alpha value is -0.240. The molecule has 1 aliphatic heterocycles. The zero-order valence-corrected chi connectivity index (χ0v) is 7.42. The van der Waals surface area contributed by atoms with E-state index in [9.17, 15) is 15.3 Å². The summed E-state index contributed by atoms with van der Waals surface area (Å²) in [6.07, 6.45) is -4.07. The van der Waals surface area contributed by atoms with Crippen molar-refractivity contribution in [3.8, 4) is 0 Å². The molecule has 0 bridgehead atoms. The third-order valence-electron chi connectivity index (χ3n) is 2.17. The fraction of sp³-hybridized carbons (Fsp3) is 1.00. The molecule has 5 atom stereocenters. The molecule has 6 N–H and O–H groups in total. The quantitative estimate of drug-likeness (QED) is 0.318. The molecule has 6 heteroatoms. The number of nitrogens with two attached hydrogens (primary N) is 1. The second-order valence-electron chi connectivity index (χ2n) is 3.18. The molecule has 1 rings (SSSR count). The molecule has 6 nitrogen and oxygen atoms in total. The van der Waals surface area contributed by atoms with Gasteiger partial charge in [-0.2, -0.15) is 0 Å². The number of ether oxygens (including phenoxy) is 1. The summed E-state index contributed by atoms with van der Waals surface area (Å²) in [6.45, 7) is 0.349. The molecule has 0 aromatic carbocycles. The van der Waals surface area contributed by atoms with Gasteiger partial charge in [-0.1, -0.05) is 0 Å². The lowest BCUT2D eigenvalue weighted by Crippen LogP contribution is -2.62. The first-order valence-corrected chi connectivity index (χ1v) is 4.17. The predicted molar refractivity (Wildman–Crippen MR) is 44.8 cm³/mol. The lowest BCUT2D eigenvalue weighted by atomic mass is 9.97. The predicted octanol–water partition coefficient (Wildman–Crippen LogP) is -3.03. The first-order chi connectivity index (χ1) is 6.07. The molecule has 0 aromatic heterocycles. The standard InChI is InChI=1S/C7H16N2O4/c1-9-2-3-5(10)6(11)4(8)7(12)13-3/h3-7,9-12H,2,8H2,1H3/t3-,4+,5+,6?,7-/m0/s1. The molecule has 0 amide bonds. The summed E-state index contributed by atoms with van der Waals surface area (Å²) < 4.78 is 4.98. The fourth-order valence-corrected chi connectivity index (χ4v) is 1.34. The Balaban J connectivity index is 2.59. The van der Waals surface area contributed by atoms with Gasteiger partial charge >= 0.3 is 0 Å². The average molecular weight is 192 g/mol. The van der Waals surface area contributed by atoms with Crippen LogP contribution >= 0.6 is 0 Å². The monoisotopic (exact) mass is 192 g/mol. The molecule has 1 saturated heterocycles. The molecule has 1 heterocycles. The van der Waals surface area contributed by atoms with E-state index >= 15 is 0 Å². The van der Waals surface area contributed by atoms with Crippen molar-refractivity contribution in [1.29, 1.82) is 0 Å². The molecule has 78 valence electrons. The van der Waals surface area contributed by atoms with Crippen molar-refractivity contribution in [2.75, 3.05) is 13.6 Å². The van der Waals surface area contributed by atoms with Crippen molar-refractivity contribution >= 4 is 0 Å². The maximum Gasteiger partial charge on any atom is 0.172 e. The van der Waals surface area contributed by atoms with Crippen LogP contribution in [0.2, 0.25) is 0 Å². The summed E-state index contributed by atoms with van der Waals surface area (Å²) in [4.78, 5) is 0. The number of hydrogen-bond donors (Lipinski definition) is 5. The number of aliphatic hydroxyl groups excluding tert-OH is 3. The van der Waals surface area contributed by atoms with Crippen molar-refractivity contribution in [3.05, 3.63) is 0 Å². The summed E-state index contributed by atoms with van der Waals surface area (Å²) in [6, 6.07) is -0.955. The van der Waals surface area contributed by atoms with Crippen molar-refractivity contribution in [3.63, 3.8) is 0 Å². The van der Waals surface area contributed by atoms with Crippen molar-refractivity contribution in [2.45, 2.75) is 30.6 Å². The van der Waals surface area contributed by atoms with E-state index in [4.69, 9.17) is 10.5 Å². The Morgan fingerprint density at radius 1 is 1.31 bits per heavy atom.